The van der Waals surface area contributed by atoms with Gasteiger partial charge in [-0.3, -0.25) is 0 Å². The Bertz CT molecular complexity index is 294. The first kappa shape index (κ1) is 7.74. The van der Waals surface area contributed by atoms with Gasteiger partial charge in [-0.2, -0.15) is 0 Å². The minimum absolute atomic E-state index is 0.196. The molecule has 1 heterocycles. The minimum atomic E-state index is 0.196. The molecule has 1 aliphatic rings. The molecule has 2 nitrogen and oxygen atoms in total. The molecular weight excluding hydrogens is 174 g/mol. The molecule has 0 radical (unpaired) electrons. The first-order valence-electron chi connectivity index (χ1n) is 3.92. The molecule has 0 fully saturated rings. The number of nitrogens with two attached hydrogens (primary N) is 1. The average molecular weight is 184 g/mol. The number of hydrogen-bond acceptors (Lipinski definition) is 2. The van der Waals surface area contributed by atoms with E-state index in [1.54, 1.807) is 6.07 Å². The molecule has 2 N–H and O–H groups in total. The van der Waals surface area contributed by atoms with Crippen molar-refractivity contribution >= 4 is 17.3 Å². The van der Waals surface area contributed by atoms with Crippen LogP contribution in [-0.4, -0.2) is 6.10 Å². The van der Waals surface area contributed by atoms with Crippen LogP contribution in [0, 0.1) is 0 Å². The molecule has 1 atom stereocenters. The minimum Gasteiger partial charge on any atom is -0.488 e. The largest absolute Gasteiger partial charge is 0.488 e. The van der Waals surface area contributed by atoms with Crippen molar-refractivity contribution in [3.63, 3.8) is 0 Å². The first-order valence-corrected chi connectivity index (χ1v) is 4.30. The molecule has 64 valence electrons. The van der Waals surface area contributed by atoms with E-state index in [1.807, 2.05) is 13.0 Å². The smallest absolute Gasteiger partial charge is 0.143 e. The third-order valence-electron chi connectivity index (χ3n) is 2.06. The third kappa shape index (κ3) is 1.03. The number of ether oxygens (including phenoxy) is 1. The van der Waals surface area contributed by atoms with Crippen molar-refractivity contribution in [3.05, 3.63) is 22.7 Å². The Morgan fingerprint density at radius 3 is 3.00 bits per heavy atom. The van der Waals surface area contributed by atoms with Crippen molar-refractivity contribution in [2.75, 3.05) is 5.73 Å². The monoisotopic (exact) mass is 183 g/mol. The zero-order valence-electron chi connectivity index (χ0n) is 6.80. The standard InChI is InChI=1S/C9H10ClNO/c1-5-4-6-8(11)3-2-7(10)9(6)12-5/h2-3,5H,4,11H2,1H3. The van der Waals surface area contributed by atoms with Crippen LogP contribution in [0.15, 0.2) is 12.1 Å². The van der Waals surface area contributed by atoms with E-state index >= 15 is 0 Å². The molecule has 0 amide bonds. The number of nitrogen functional groups attached to an aromatic ring is 1. The van der Waals surface area contributed by atoms with Crippen molar-refractivity contribution in [2.24, 2.45) is 0 Å². The molecule has 1 aromatic rings. The highest BCUT2D eigenvalue weighted by atomic mass is 35.5. The van der Waals surface area contributed by atoms with Gasteiger partial charge in [-0.1, -0.05) is 11.6 Å². The molecule has 2 rings (SSSR count). The lowest BCUT2D eigenvalue weighted by Crippen LogP contribution is -2.05. The Labute approximate surface area is 76.3 Å². The summed E-state index contributed by atoms with van der Waals surface area (Å²) in [4.78, 5) is 0. The molecule has 0 saturated carbocycles. The van der Waals surface area contributed by atoms with Gasteiger partial charge in [0.2, 0.25) is 0 Å². The molecule has 0 aliphatic carbocycles. The SMILES string of the molecule is CC1Cc2c(N)ccc(Cl)c2O1. The summed E-state index contributed by atoms with van der Waals surface area (Å²) in [5, 5.41) is 0.656. The van der Waals surface area contributed by atoms with E-state index in [0.29, 0.717) is 5.02 Å². The van der Waals surface area contributed by atoms with Crippen molar-refractivity contribution in [1.29, 1.82) is 0 Å². The van der Waals surface area contributed by atoms with Gasteiger partial charge in [0.15, 0.2) is 0 Å². The van der Waals surface area contributed by atoms with Crippen LogP contribution in [0.5, 0.6) is 5.75 Å². The van der Waals surface area contributed by atoms with Gasteiger partial charge < -0.3 is 10.5 Å². The molecular formula is C9H10ClNO. The van der Waals surface area contributed by atoms with Gasteiger partial charge >= 0.3 is 0 Å². The maximum absolute atomic E-state index is 5.93. The van der Waals surface area contributed by atoms with E-state index in [9.17, 15) is 0 Å². The lowest BCUT2D eigenvalue weighted by Gasteiger charge is -2.04. The second-order valence-corrected chi connectivity index (χ2v) is 3.48. The number of rotatable bonds is 0. The van der Waals surface area contributed by atoms with Gasteiger partial charge in [-0.05, 0) is 19.1 Å². The predicted octanol–water partition coefficient (Wildman–Crippen LogP) is 2.25. The van der Waals surface area contributed by atoms with Crippen molar-refractivity contribution in [1.82, 2.24) is 0 Å². The molecule has 1 aliphatic heterocycles. The molecule has 0 spiro atoms. The summed E-state index contributed by atoms with van der Waals surface area (Å²) in [5.41, 5.74) is 7.59. The Morgan fingerprint density at radius 2 is 2.33 bits per heavy atom. The highest BCUT2D eigenvalue weighted by molar-refractivity contribution is 6.32. The van der Waals surface area contributed by atoms with Gasteiger partial charge in [0.25, 0.3) is 0 Å². The molecule has 1 aromatic carbocycles. The predicted molar refractivity (Wildman–Crippen MR) is 49.7 cm³/mol. The quantitative estimate of drug-likeness (QED) is 0.627. The third-order valence-corrected chi connectivity index (χ3v) is 2.36. The van der Waals surface area contributed by atoms with Gasteiger partial charge in [-0.15, -0.1) is 0 Å². The van der Waals surface area contributed by atoms with Crippen molar-refractivity contribution < 1.29 is 4.74 Å². The Morgan fingerprint density at radius 1 is 1.58 bits per heavy atom. The normalized spacial score (nSPS) is 20.3. The van der Waals surface area contributed by atoms with E-state index in [-0.39, 0.29) is 6.10 Å². The first-order chi connectivity index (χ1) is 5.68. The summed E-state index contributed by atoms with van der Waals surface area (Å²) < 4.78 is 5.51. The Hall–Kier alpha value is -0.890. The fourth-order valence-corrected chi connectivity index (χ4v) is 1.70. The number of benzene rings is 1. The van der Waals surface area contributed by atoms with E-state index in [2.05, 4.69) is 0 Å². The van der Waals surface area contributed by atoms with Crippen LogP contribution in [0.1, 0.15) is 12.5 Å². The maximum atomic E-state index is 5.93. The van der Waals surface area contributed by atoms with Gasteiger partial charge in [0.1, 0.15) is 11.9 Å². The Balaban J connectivity index is 2.56. The number of hydrogen-bond donors (Lipinski definition) is 1. The summed E-state index contributed by atoms with van der Waals surface area (Å²) in [6.07, 6.45) is 1.06. The lowest BCUT2D eigenvalue weighted by molar-refractivity contribution is 0.255. The van der Waals surface area contributed by atoms with E-state index in [0.717, 1.165) is 23.4 Å². The lowest BCUT2D eigenvalue weighted by atomic mass is 10.1. The fourth-order valence-electron chi connectivity index (χ4n) is 1.48. The van der Waals surface area contributed by atoms with Gasteiger partial charge in [-0.25, -0.2) is 0 Å². The summed E-state index contributed by atoms with van der Waals surface area (Å²) in [7, 11) is 0. The summed E-state index contributed by atoms with van der Waals surface area (Å²) in [6, 6.07) is 3.59. The van der Waals surface area contributed by atoms with Crippen LogP contribution in [-0.2, 0) is 6.42 Å². The fraction of sp³-hybridized carbons (Fsp3) is 0.333. The molecule has 0 bridgehead atoms. The van der Waals surface area contributed by atoms with Crippen LogP contribution in [0.25, 0.3) is 0 Å². The van der Waals surface area contributed by atoms with Crippen LogP contribution in [0.2, 0.25) is 5.02 Å². The van der Waals surface area contributed by atoms with Crippen molar-refractivity contribution in [3.8, 4) is 5.75 Å². The second kappa shape index (κ2) is 2.56. The molecule has 0 aromatic heterocycles. The molecule has 12 heavy (non-hydrogen) atoms. The molecule has 0 saturated heterocycles. The van der Waals surface area contributed by atoms with Crippen LogP contribution in [0.3, 0.4) is 0 Å². The summed E-state index contributed by atoms with van der Waals surface area (Å²) >= 11 is 5.93. The highest BCUT2D eigenvalue weighted by Gasteiger charge is 2.23. The maximum Gasteiger partial charge on any atom is 0.143 e. The van der Waals surface area contributed by atoms with Crippen LogP contribution >= 0.6 is 11.6 Å². The zero-order chi connectivity index (χ0) is 8.72. The zero-order valence-corrected chi connectivity index (χ0v) is 7.56. The molecule has 3 heteroatoms. The van der Waals surface area contributed by atoms with Crippen molar-refractivity contribution in [2.45, 2.75) is 19.4 Å². The van der Waals surface area contributed by atoms with E-state index < -0.39 is 0 Å². The Kier molecular flexibility index (Phi) is 1.65. The van der Waals surface area contributed by atoms with E-state index in [4.69, 9.17) is 22.1 Å². The van der Waals surface area contributed by atoms with Gasteiger partial charge in [0.05, 0.1) is 5.02 Å². The number of halogens is 1. The number of anilines is 1. The summed E-state index contributed by atoms with van der Waals surface area (Å²) in [5.74, 6) is 0.768. The van der Waals surface area contributed by atoms with Gasteiger partial charge in [0, 0.05) is 17.7 Å². The highest BCUT2D eigenvalue weighted by Crippen LogP contribution is 2.38. The molecule has 1 unspecified atom stereocenters. The second-order valence-electron chi connectivity index (χ2n) is 3.08. The number of fused-ring (bicyclic) bond motifs is 1. The van der Waals surface area contributed by atoms with Crippen LogP contribution in [0.4, 0.5) is 5.69 Å². The topological polar surface area (TPSA) is 35.2 Å². The summed E-state index contributed by atoms with van der Waals surface area (Å²) in [6.45, 7) is 2.01. The average Bonchev–Trinajstić information content (AvgIpc) is 2.41. The van der Waals surface area contributed by atoms with E-state index in [1.165, 1.54) is 0 Å². The van der Waals surface area contributed by atoms with Crippen LogP contribution < -0.4 is 10.5 Å².